The average molecular weight is 728 g/mol. The van der Waals surface area contributed by atoms with Gasteiger partial charge in [0.1, 0.15) is 16.3 Å². The van der Waals surface area contributed by atoms with Crippen molar-refractivity contribution in [2.75, 3.05) is 28.3 Å². The van der Waals surface area contributed by atoms with E-state index in [1.807, 2.05) is 0 Å². The van der Waals surface area contributed by atoms with Crippen LogP contribution in [0.4, 0.5) is 45.1 Å². The van der Waals surface area contributed by atoms with Crippen molar-refractivity contribution in [3.63, 3.8) is 0 Å². The number of aliphatic hydroxyl groups is 1. The molecule has 0 spiro atoms. The summed E-state index contributed by atoms with van der Waals surface area (Å²) in [4.78, 5) is 21.9. The van der Waals surface area contributed by atoms with Crippen LogP contribution in [0.15, 0.2) is 85.6 Å². The highest BCUT2D eigenvalue weighted by Gasteiger charge is 2.22. The zero-order valence-electron chi connectivity index (χ0n) is 23.3. The molecule has 0 saturated carbocycles. The highest BCUT2D eigenvalue weighted by Crippen LogP contribution is 2.34. The molecule has 8 N–H and O–H groups in total. The topological polar surface area (TPSA) is 306 Å². The number of nitrogens with one attached hydrogen (secondary N) is 3. The van der Waals surface area contributed by atoms with Crippen molar-refractivity contribution in [2.24, 2.45) is 16.0 Å². The number of azo groups is 1. The molecule has 248 valence electrons. The standard InChI is InChI=1S/C24H22ClN9O10S3/c25-21-30-23(27-13-2-1-3-16(10-13)46(39,40)41)32-24(31-21)28-14-4-6-17(19(11-14)29-22(26)36)33-34-18-7-5-15(45(37,38)9-8-35)12-20(18)47(42,43)44/h1-7,10-12,35H,8-9H2,(H3,26,29,36)(H,39,40,41)(H,42,43,44)(H2,27,28,30,31,32). The Bertz CT molecular complexity index is 2220. The summed E-state index contributed by atoms with van der Waals surface area (Å²) < 4.78 is 90.4. The van der Waals surface area contributed by atoms with E-state index in [0.717, 1.165) is 18.2 Å². The Labute approximate surface area is 271 Å². The van der Waals surface area contributed by atoms with Gasteiger partial charge in [0.2, 0.25) is 17.2 Å². The van der Waals surface area contributed by atoms with E-state index in [9.17, 15) is 39.2 Å². The highest BCUT2D eigenvalue weighted by atomic mass is 35.5. The number of nitrogens with zero attached hydrogens (tertiary/aromatic N) is 5. The van der Waals surface area contributed by atoms with Crippen molar-refractivity contribution in [2.45, 2.75) is 14.7 Å². The summed E-state index contributed by atoms with van der Waals surface area (Å²) in [6, 6.07) is 10.8. The Morgan fingerprint density at radius 1 is 0.787 bits per heavy atom. The first kappa shape index (κ1) is 35.0. The average Bonchev–Trinajstić information content (AvgIpc) is 2.95. The molecule has 4 aromatic rings. The third-order valence-electron chi connectivity index (χ3n) is 5.70. The zero-order chi connectivity index (χ0) is 34.6. The number of halogens is 1. The van der Waals surface area contributed by atoms with E-state index >= 15 is 0 Å². The molecule has 0 unspecified atom stereocenters. The fourth-order valence-electron chi connectivity index (χ4n) is 3.71. The van der Waals surface area contributed by atoms with Crippen LogP contribution < -0.4 is 21.7 Å². The quantitative estimate of drug-likeness (QED) is 0.0814. The van der Waals surface area contributed by atoms with Gasteiger partial charge in [0.15, 0.2) is 9.84 Å². The second kappa shape index (κ2) is 13.9. The van der Waals surface area contributed by atoms with Crippen LogP contribution in [0.2, 0.25) is 5.28 Å². The van der Waals surface area contributed by atoms with Gasteiger partial charge in [-0.25, -0.2) is 13.2 Å². The van der Waals surface area contributed by atoms with Gasteiger partial charge in [0.25, 0.3) is 20.2 Å². The molecule has 1 aromatic heterocycles. The van der Waals surface area contributed by atoms with Gasteiger partial charge in [0.05, 0.1) is 27.8 Å². The molecule has 19 nitrogen and oxygen atoms in total. The molecule has 0 fully saturated rings. The van der Waals surface area contributed by atoms with Crippen molar-refractivity contribution in [3.05, 3.63) is 65.9 Å². The lowest BCUT2D eigenvalue weighted by Gasteiger charge is -2.11. The Morgan fingerprint density at radius 3 is 2.00 bits per heavy atom. The number of primary amides is 1. The monoisotopic (exact) mass is 727 g/mol. The minimum atomic E-state index is -5.00. The lowest BCUT2D eigenvalue weighted by molar-refractivity contribution is 0.259. The number of rotatable bonds is 12. The number of hydrogen-bond donors (Lipinski definition) is 7. The van der Waals surface area contributed by atoms with Crippen LogP contribution in [0, 0.1) is 0 Å². The maximum atomic E-state index is 12.3. The van der Waals surface area contributed by atoms with Crippen molar-refractivity contribution in [1.29, 1.82) is 0 Å². The van der Waals surface area contributed by atoms with Crippen molar-refractivity contribution < 1.29 is 44.3 Å². The summed E-state index contributed by atoms with van der Waals surface area (Å²) in [5.74, 6) is -0.932. The van der Waals surface area contributed by atoms with E-state index in [-0.39, 0.29) is 44.8 Å². The van der Waals surface area contributed by atoms with Gasteiger partial charge in [-0.1, -0.05) is 6.07 Å². The molecule has 4 rings (SSSR count). The molecule has 0 atom stereocenters. The molecule has 0 aliphatic rings. The molecule has 3 aromatic carbocycles. The molecule has 0 radical (unpaired) electrons. The second-order valence-corrected chi connectivity index (χ2v) is 14.3. The fraction of sp³-hybridized carbons (Fsp3) is 0.0833. The number of carbonyl (C=O) groups excluding carboxylic acids is 1. The van der Waals surface area contributed by atoms with Gasteiger partial charge >= 0.3 is 6.03 Å². The molecule has 2 amide bonds. The van der Waals surface area contributed by atoms with E-state index in [2.05, 4.69) is 41.1 Å². The summed E-state index contributed by atoms with van der Waals surface area (Å²) in [5, 5.41) is 24.3. The number of anilines is 5. The van der Waals surface area contributed by atoms with Crippen molar-refractivity contribution in [1.82, 2.24) is 15.0 Å². The molecule has 1 heterocycles. The minimum Gasteiger partial charge on any atom is -0.395 e. The molecule has 47 heavy (non-hydrogen) atoms. The number of urea groups is 1. The number of amides is 2. The molecule has 23 heteroatoms. The maximum absolute atomic E-state index is 12.3. The summed E-state index contributed by atoms with van der Waals surface area (Å²) in [6.45, 7) is -0.724. The first-order valence-corrected chi connectivity index (χ1v) is 17.5. The first-order chi connectivity index (χ1) is 21.9. The van der Waals surface area contributed by atoms with Gasteiger partial charge in [-0.2, -0.15) is 31.8 Å². The fourth-order valence-corrected chi connectivity index (χ4v) is 6.17. The van der Waals surface area contributed by atoms with E-state index in [4.69, 9.17) is 22.4 Å². The van der Waals surface area contributed by atoms with Gasteiger partial charge in [-0.05, 0) is 66.2 Å². The third-order valence-corrected chi connectivity index (χ3v) is 9.29. The Balaban J connectivity index is 1.64. The summed E-state index contributed by atoms with van der Waals surface area (Å²) in [6.07, 6.45) is 0. The summed E-state index contributed by atoms with van der Waals surface area (Å²) in [7, 11) is -13.6. The third kappa shape index (κ3) is 9.35. The predicted molar refractivity (Wildman–Crippen MR) is 167 cm³/mol. The van der Waals surface area contributed by atoms with E-state index < -0.39 is 63.9 Å². The van der Waals surface area contributed by atoms with Crippen LogP contribution in [0.1, 0.15) is 0 Å². The molecule has 0 aliphatic heterocycles. The number of benzene rings is 3. The molecular formula is C24H22ClN9O10S3. The van der Waals surface area contributed by atoms with Gasteiger partial charge < -0.3 is 26.8 Å². The Hall–Kier alpha value is -4.84. The SMILES string of the molecule is NC(=O)Nc1cc(Nc2nc(Cl)nc(Nc3cccc(S(=O)(=O)O)c3)n2)ccc1N=Nc1ccc(S(=O)(=O)CCO)cc1S(=O)(=O)O. The second-order valence-electron chi connectivity index (χ2n) is 9.07. The predicted octanol–water partition coefficient (Wildman–Crippen LogP) is 3.18. The minimum absolute atomic E-state index is 0.0534. The van der Waals surface area contributed by atoms with Gasteiger partial charge in [-0.15, -0.1) is 10.2 Å². The molecule has 0 aliphatic carbocycles. The number of aromatic nitrogens is 3. The molecule has 0 saturated heterocycles. The Morgan fingerprint density at radius 2 is 1.40 bits per heavy atom. The lowest BCUT2D eigenvalue weighted by atomic mass is 10.2. The van der Waals surface area contributed by atoms with Crippen LogP contribution in [-0.4, -0.2) is 72.8 Å². The van der Waals surface area contributed by atoms with Gasteiger partial charge in [0, 0.05) is 11.4 Å². The van der Waals surface area contributed by atoms with E-state index in [1.165, 1.54) is 36.4 Å². The normalized spacial score (nSPS) is 12.2. The van der Waals surface area contributed by atoms with Crippen LogP contribution in [0.25, 0.3) is 0 Å². The maximum Gasteiger partial charge on any atom is 0.316 e. The number of carbonyl (C=O) groups is 1. The molecular weight excluding hydrogens is 706 g/mol. The summed E-state index contributed by atoms with van der Waals surface area (Å²) >= 11 is 6.02. The Kier molecular flexibility index (Phi) is 10.3. The largest absolute Gasteiger partial charge is 0.395 e. The first-order valence-electron chi connectivity index (χ1n) is 12.6. The number of sulfone groups is 1. The zero-order valence-corrected chi connectivity index (χ0v) is 26.5. The van der Waals surface area contributed by atoms with E-state index in [0.29, 0.717) is 6.07 Å². The number of hydrogen-bond acceptors (Lipinski definition) is 15. The number of nitrogens with two attached hydrogens (primary N) is 1. The van der Waals surface area contributed by atoms with Crippen LogP contribution >= 0.6 is 11.6 Å². The van der Waals surface area contributed by atoms with Crippen LogP contribution in [-0.2, 0) is 30.1 Å². The van der Waals surface area contributed by atoms with Crippen LogP contribution in [0.5, 0.6) is 0 Å². The van der Waals surface area contributed by atoms with Gasteiger partial charge in [-0.3, -0.25) is 9.11 Å². The smallest absolute Gasteiger partial charge is 0.316 e. The van der Waals surface area contributed by atoms with E-state index in [1.54, 1.807) is 0 Å². The van der Waals surface area contributed by atoms with Crippen LogP contribution in [0.3, 0.4) is 0 Å². The highest BCUT2D eigenvalue weighted by molar-refractivity contribution is 7.91. The summed E-state index contributed by atoms with van der Waals surface area (Å²) in [5.41, 5.74) is 5.12. The number of aliphatic hydroxyl groups excluding tert-OH is 1. The lowest BCUT2D eigenvalue weighted by Crippen LogP contribution is -2.19. The van der Waals surface area contributed by atoms with Crippen molar-refractivity contribution in [3.8, 4) is 0 Å². The van der Waals surface area contributed by atoms with Crippen molar-refractivity contribution >= 4 is 88.0 Å². The molecule has 0 bridgehead atoms.